The van der Waals surface area contributed by atoms with E-state index in [1.165, 1.54) is 6.33 Å². The number of nitrogen functional groups attached to an aromatic ring is 1. The summed E-state index contributed by atoms with van der Waals surface area (Å²) in [5.74, 6) is 0.982. The fraction of sp³-hybridized carbons (Fsp3) is 0.148. The Morgan fingerprint density at radius 1 is 0.944 bits per heavy atom. The molecule has 7 nitrogen and oxygen atoms in total. The van der Waals surface area contributed by atoms with Crippen LogP contribution >= 0.6 is 23.2 Å². The summed E-state index contributed by atoms with van der Waals surface area (Å²) in [6.45, 7) is 3.91. The van der Waals surface area contributed by atoms with Gasteiger partial charge in [-0.3, -0.25) is 0 Å². The Hall–Kier alpha value is -3.99. The van der Waals surface area contributed by atoms with Crippen LogP contribution in [-0.4, -0.2) is 17.1 Å². The summed E-state index contributed by atoms with van der Waals surface area (Å²) >= 11 is 12.6. The molecule has 0 spiro atoms. The number of ether oxygens (including phenoxy) is 1. The largest absolute Gasteiger partial charge is 0.495 e. The number of hydrogen-bond donors (Lipinski definition) is 3. The van der Waals surface area contributed by atoms with Crippen LogP contribution < -0.4 is 21.1 Å². The quantitative estimate of drug-likeness (QED) is 0.238. The molecule has 1 heterocycles. The van der Waals surface area contributed by atoms with Crippen LogP contribution in [0.1, 0.15) is 28.2 Å². The summed E-state index contributed by atoms with van der Waals surface area (Å²) in [4.78, 5) is 8.60. The first-order valence-corrected chi connectivity index (χ1v) is 11.8. The third kappa shape index (κ3) is 5.30. The summed E-state index contributed by atoms with van der Waals surface area (Å²) < 4.78 is 5.44. The zero-order valence-corrected chi connectivity index (χ0v) is 21.4. The average molecular weight is 519 g/mol. The number of aromatic nitrogens is 2. The molecule has 4 aromatic rings. The second kappa shape index (κ2) is 10.7. The van der Waals surface area contributed by atoms with Crippen molar-refractivity contribution >= 4 is 51.9 Å². The van der Waals surface area contributed by atoms with Crippen molar-refractivity contribution in [2.45, 2.75) is 19.8 Å². The predicted molar refractivity (Wildman–Crippen MR) is 146 cm³/mol. The van der Waals surface area contributed by atoms with Crippen LogP contribution in [0.5, 0.6) is 5.75 Å². The lowest BCUT2D eigenvalue weighted by atomic mass is 9.91. The van der Waals surface area contributed by atoms with Crippen LogP contribution in [-0.2, 0) is 0 Å². The van der Waals surface area contributed by atoms with Gasteiger partial charge in [0.2, 0.25) is 0 Å². The topological polar surface area (TPSA) is 109 Å². The number of nitrogens with zero attached hydrogens (tertiary/aromatic N) is 3. The summed E-state index contributed by atoms with van der Waals surface area (Å²) in [6, 6.07) is 18.9. The van der Waals surface area contributed by atoms with Gasteiger partial charge < -0.3 is 21.1 Å². The maximum Gasteiger partial charge on any atom is 0.159 e. The van der Waals surface area contributed by atoms with Crippen LogP contribution in [0.25, 0.3) is 0 Å². The number of aryl methyl sites for hydroxylation is 2. The number of nitrogens with one attached hydrogen (secondary N) is 2. The van der Waals surface area contributed by atoms with Crippen molar-refractivity contribution in [2.24, 2.45) is 0 Å². The molecule has 0 bridgehead atoms. The number of benzene rings is 3. The van der Waals surface area contributed by atoms with E-state index in [2.05, 4.69) is 26.7 Å². The SMILES string of the molecule is COc1ccc(C)cc1Nc1ncnc(Nc2cc(Cl)c(C(C#N)c3ccc(Cl)cc3)cc2C)c1N. The average Bonchev–Trinajstić information content (AvgIpc) is 2.86. The lowest BCUT2D eigenvalue weighted by Gasteiger charge is -2.18. The van der Waals surface area contributed by atoms with Gasteiger partial charge in [0.1, 0.15) is 17.8 Å². The molecule has 0 fully saturated rings. The van der Waals surface area contributed by atoms with Gasteiger partial charge in [0.25, 0.3) is 0 Å². The summed E-state index contributed by atoms with van der Waals surface area (Å²) in [5, 5.41) is 17.4. The Morgan fingerprint density at radius 2 is 1.61 bits per heavy atom. The van der Waals surface area contributed by atoms with Crippen LogP contribution in [0.15, 0.2) is 60.9 Å². The first-order chi connectivity index (χ1) is 17.3. The molecule has 4 rings (SSSR count). The lowest BCUT2D eigenvalue weighted by molar-refractivity contribution is 0.416. The standard InChI is InChI=1S/C27H24Cl2N6O/c1-15-4-9-24(36-3)23(10-15)35-27-25(31)26(32-14-33-27)34-22-12-21(29)19(11-16(22)2)20(13-30)17-5-7-18(28)8-6-17/h4-12,14,20H,31H2,1-3H3,(H2,32,33,34,35). The fourth-order valence-electron chi connectivity index (χ4n) is 3.81. The summed E-state index contributed by atoms with van der Waals surface area (Å²) in [6.07, 6.45) is 1.42. The zero-order valence-electron chi connectivity index (χ0n) is 19.9. The van der Waals surface area contributed by atoms with Crippen molar-refractivity contribution in [1.29, 1.82) is 5.26 Å². The van der Waals surface area contributed by atoms with E-state index in [0.29, 0.717) is 44.4 Å². The molecule has 0 radical (unpaired) electrons. The Labute approximate surface area is 219 Å². The van der Waals surface area contributed by atoms with Gasteiger partial charge >= 0.3 is 0 Å². The highest BCUT2D eigenvalue weighted by Gasteiger charge is 2.19. The molecule has 0 aliphatic carbocycles. The monoisotopic (exact) mass is 518 g/mol. The molecule has 0 amide bonds. The number of nitriles is 1. The van der Waals surface area contributed by atoms with Crippen LogP contribution in [0.3, 0.4) is 0 Å². The van der Waals surface area contributed by atoms with Crippen molar-refractivity contribution in [3.63, 3.8) is 0 Å². The van der Waals surface area contributed by atoms with Crippen molar-refractivity contribution in [3.8, 4) is 11.8 Å². The number of hydrogen-bond acceptors (Lipinski definition) is 7. The third-order valence-electron chi connectivity index (χ3n) is 5.73. The van der Waals surface area contributed by atoms with Crippen LogP contribution in [0.2, 0.25) is 10.0 Å². The Balaban J connectivity index is 1.63. The fourth-order valence-corrected chi connectivity index (χ4v) is 4.21. The van der Waals surface area contributed by atoms with E-state index in [4.69, 9.17) is 33.7 Å². The zero-order chi connectivity index (χ0) is 25.8. The van der Waals surface area contributed by atoms with Crippen molar-refractivity contribution in [1.82, 2.24) is 9.97 Å². The molecular formula is C27H24Cl2N6O. The molecule has 36 heavy (non-hydrogen) atoms. The van der Waals surface area contributed by atoms with Gasteiger partial charge in [0, 0.05) is 15.7 Å². The number of nitrogens with two attached hydrogens (primary N) is 1. The molecule has 3 aromatic carbocycles. The van der Waals surface area contributed by atoms with E-state index in [9.17, 15) is 5.26 Å². The molecule has 0 saturated carbocycles. The van der Waals surface area contributed by atoms with E-state index in [0.717, 1.165) is 22.4 Å². The first-order valence-electron chi connectivity index (χ1n) is 11.0. The minimum absolute atomic E-state index is 0.330. The smallest absolute Gasteiger partial charge is 0.159 e. The van der Waals surface area contributed by atoms with Gasteiger partial charge in [-0.2, -0.15) is 5.26 Å². The minimum Gasteiger partial charge on any atom is -0.495 e. The van der Waals surface area contributed by atoms with Crippen LogP contribution in [0, 0.1) is 25.2 Å². The second-order valence-electron chi connectivity index (χ2n) is 8.24. The van der Waals surface area contributed by atoms with E-state index < -0.39 is 5.92 Å². The van der Waals surface area contributed by atoms with Crippen LogP contribution in [0.4, 0.5) is 28.7 Å². The van der Waals surface area contributed by atoms with Gasteiger partial charge in [-0.05, 0) is 66.4 Å². The van der Waals surface area contributed by atoms with Crippen molar-refractivity contribution < 1.29 is 4.74 Å². The normalized spacial score (nSPS) is 11.4. The molecule has 0 aliphatic rings. The molecular weight excluding hydrogens is 495 g/mol. The van der Waals surface area contributed by atoms with Gasteiger partial charge in [-0.1, -0.05) is 47.5 Å². The molecule has 0 aliphatic heterocycles. The minimum atomic E-state index is -0.535. The van der Waals surface area contributed by atoms with Crippen molar-refractivity contribution in [2.75, 3.05) is 23.5 Å². The van der Waals surface area contributed by atoms with Gasteiger partial charge in [0.15, 0.2) is 11.6 Å². The molecule has 9 heteroatoms. The highest BCUT2D eigenvalue weighted by Crippen LogP contribution is 2.37. The molecule has 1 unspecified atom stereocenters. The lowest BCUT2D eigenvalue weighted by Crippen LogP contribution is -2.07. The van der Waals surface area contributed by atoms with E-state index in [-0.39, 0.29) is 0 Å². The maximum absolute atomic E-state index is 9.86. The molecule has 182 valence electrons. The van der Waals surface area contributed by atoms with Gasteiger partial charge in [-0.15, -0.1) is 0 Å². The summed E-state index contributed by atoms with van der Waals surface area (Å²) in [5.41, 5.74) is 11.6. The number of halogens is 2. The van der Waals surface area contributed by atoms with E-state index in [1.807, 2.05) is 50.2 Å². The Kier molecular flexibility index (Phi) is 7.49. The molecule has 4 N–H and O–H groups in total. The third-order valence-corrected chi connectivity index (χ3v) is 6.31. The van der Waals surface area contributed by atoms with Crippen molar-refractivity contribution in [3.05, 3.63) is 93.2 Å². The van der Waals surface area contributed by atoms with Gasteiger partial charge in [0.05, 0.1) is 24.8 Å². The molecule has 1 aromatic heterocycles. The molecule has 1 atom stereocenters. The van der Waals surface area contributed by atoms with Gasteiger partial charge in [-0.25, -0.2) is 9.97 Å². The predicted octanol–water partition coefficient (Wildman–Crippen LogP) is 7.13. The maximum atomic E-state index is 9.86. The number of anilines is 5. The highest BCUT2D eigenvalue weighted by atomic mass is 35.5. The second-order valence-corrected chi connectivity index (χ2v) is 9.08. The number of methoxy groups -OCH3 is 1. The highest BCUT2D eigenvalue weighted by molar-refractivity contribution is 6.32. The van der Waals surface area contributed by atoms with E-state index >= 15 is 0 Å². The molecule has 0 saturated heterocycles. The summed E-state index contributed by atoms with van der Waals surface area (Å²) in [7, 11) is 1.60. The number of rotatable bonds is 7. The Morgan fingerprint density at radius 3 is 2.25 bits per heavy atom. The first kappa shape index (κ1) is 25.1. The Bertz CT molecular complexity index is 1450. The van der Waals surface area contributed by atoms with E-state index in [1.54, 1.807) is 25.3 Å².